The Kier molecular flexibility index (Phi) is 13.8. The zero-order chi connectivity index (χ0) is 50.4. The number of rotatable bonds is 11. The molecule has 0 spiro atoms. The number of imidazole rings is 1. The second-order valence-electron chi connectivity index (χ2n) is 20.9. The van der Waals surface area contributed by atoms with Gasteiger partial charge in [0.15, 0.2) is 0 Å². The van der Waals surface area contributed by atoms with Gasteiger partial charge < -0.3 is 14.0 Å². The van der Waals surface area contributed by atoms with E-state index in [-0.39, 0.29) is 37.4 Å². The van der Waals surface area contributed by atoms with Crippen LogP contribution in [0.15, 0.2) is 138 Å². The Balaban J connectivity index is 0.000000296. The molecule has 0 atom stereocenters. The minimum Gasteiger partial charge on any atom is -0.501 e. The Labute approximate surface area is 425 Å². The Morgan fingerprint density at radius 2 is 1.32 bits per heavy atom. The first kappa shape index (κ1) is 46.3. The molecule has 0 fully saturated rings. The van der Waals surface area contributed by atoms with Gasteiger partial charge in [0.25, 0.3) is 0 Å². The minimum atomic E-state index is -2.08. The summed E-state index contributed by atoms with van der Waals surface area (Å²) in [6.45, 7) is 28.3. The molecule has 9 aromatic rings. The van der Waals surface area contributed by atoms with Gasteiger partial charge in [0, 0.05) is 46.9 Å². The smallest absolute Gasteiger partial charge is 0.120 e. The van der Waals surface area contributed by atoms with Crippen LogP contribution in [0.5, 0.6) is 0 Å². The van der Waals surface area contributed by atoms with Crippen LogP contribution in [0.4, 0.5) is 0 Å². The number of pyridine rings is 1. The Bertz CT molecular complexity index is 3160. The van der Waals surface area contributed by atoms with E-state index in [1.54, 1.807) is 12.1 Å². The molecule has 0 saturated carbocycles. The number of para-hydroxylation sites is 3. The van der Waals surface area contributed by atoms with E-state index < -0.39 is 14.9 Å². The summed E-state index contributed by atoms with van der Waals surface area (Å²) < 4.78 is 31.0. The molecule has 3 aromatic heterocycles. The maximum absolute atomic E-state index is 7.35. The molecule has 0 bridgehead atoms. The van der Waals surface area contributed by atoms with Crippen LogP contribution in [0.3, 0.4) is 0 Å². The van der Waals surface area contributed by atoms with Crippen molar-refractivity contribution in [2.45, 2.75) is 113 Å². The van der Waals surface area contributed by atoms with Crippen LogP contribution in [0.25, 0.3) is 72.4 Å². The summed E-state index contributed by atoms with van der Waals surface area (Å²) in [5, 5.41) is 3.49. The van der Waals surface area contributed by atoms with E-state index >= 15 is 0 Å². The average molecular weight is 1100 g/mol. The minimum absolute atomic E-state index is 0. The number of hydrogen-bond acceptors (Lipinski definition) is 3. The van der Waals surface area contributed by atoms with Crippen molar-refractivity contribution in [3.63, 3.8) is 0 Å². The number of hydrogen-bond donors (Lipinski definition) is 0. The summed E-state index contributed by atoms with van der Waals surface area (Å²) in [4.78, 5) is 9.78. The molecular weight excluding hydrogens is 1020 g/mol. The van der Waals surface area contributed by atoms with Gasteiger partial charge in [-0.05, 0) is 98.6 Å². The summed E-state index contributed by atoms with van der Waals surface area (Å²) in [6.07, 6.45) is 1.92. The zero-order valence-corrected chi connectivity index (χ0v) is 45.6. The number of fused-ring (bicyclic) bond motifs is 4. The quantitative estimate of drug-likeness (QED) is 0.0958. The number of nitrogens with zero attached hydrogens (tertiary/aromatic N) is 3. The van der Waals surface area contributed by atoms with Crippen molar-refractivity contribution in [2.75, 3.05) is 0 Å². The first-order valence-electron chi connectivity index (χ1n) is 25.7. The van der Waals surface area contributed by atoms with Gasteiger partial charge in [-0.15, -0.1) is 53.6 Å². The first-order valence-corrected chi connectivity index (χ1v) is 27.7. The zero-order valence-electron chi connectivity index (χ0n) is 45.2. The van der Waals surface area contributed by atoms with E-state index in [0.29, 0.717) is 23.3 Å². The van der Waals surface area contributed by atoms with Gasteiger partial charge in [-0.25, -0.2) is 0 Å². The third-order valence-corrected chi connectivity index (χ3v) is 16.1. The number of benzene rings is 6. The molecule has 4 nitrogen and oxygen atoms in total. The summed E-state index contributed by atoms with van der Waals surface area (Å²) in [6, 6.07) is 50.8. The van der Waals surface area contributed by atoms with E-state index in [4.69, 9.17) is 13.5 Å². The SMILES string of the molecule is CC(C)c1cc(-c2ccc(C(C(C)C)(C(C)C)C(C)C)cc2)cc(C(C)C)c1-n1c(-c2[c-]ccc3c2oc2ccccc23)nc2ccccc21.[2H]C([2H])([2H])c1c[c-]c(-c2ccc([Si](C)(C)C)cn2)cc1.[Ir]. The fourth-order valence-corrected chi connectivity index (χ4v) is 11.8. The van der Waals surface area contributed by atoms with E-state index in [0.717, 1.165) is 55.6 Å². The van der Waals surface area contributed by atoms with Crippen molar-refractivity contribution in [2.24, 2.45) is 17.8 Å². The summed E-state index contributed by atoms with van der Waals surface area (Å²) in [5.41, 5.74) is 14.4. The van der Waals surface area contributed by atoms with Crippen LogP contribution in [0, 0.1) is 36.7 Å². The van der Waals surface area contributed by atoms with Gasteiger partial charge in [-0.3, -0.25) is 4.98 Å². The molecule has 353 valence electrons. The molecule has 1 radical (unpaired) electrons. The van der Waals surface area contributed by atoms with E-state index in [2.05, 4.69) is 195 Å². The molecule has 6 heteroatoms. The third-order valence-electron chi connectivity index (χ3n) is 14.1. The Hall–Kier alpha value is -5.39. The van der Waals surface area contributed by atoms with Gasteiger partial charge in [-0.1, -0.05) is 173 Å². The van der Waals surface area contributed by atoms with Crippen LogP contribution in [-0.2, 0) is 25.5 Å². The standard InChI is InChI=1S/C47H51N2O.C15H18NSi.Ir/c1-28(2)39-26-34(33-22-24-35(25-23-33)47(30(5)6,31(7)8)32(9)10)27-40(29(3)4)44(39)49-42-20-13-12-19-41(42)48-46(49)38-18-15-17-37-36-16-11-14-21-43(36)50-45(37)38;1-12-5-7-13(8-6-12)15-10-9-14(11-16-15)17(2,3)4;/h11-17,19-32H,1-10H3;5-7,9-11H,1-4H3;/q2*-1;/i;1D3;. The van der Waals surface area contributed by atoms with Crippen LogP contribution in [-0.4, -0.2) is 22.6 Å². The van der Waals surface area contributed by atoms with Crippen LogP contribution in [0.2, 0.25) is 19.6 Å². The van der Waals surface area contributed by atoms with Crippen molar-refractivity contribution in [1.82, 2.24) is 14.5 Å². The maximum atomic E-state index is 7.35. The second kappa shape index (κ2) is 20.3. The number of aromatic nitrogens is 3. The van der Waals surface area contributed by atoms with Gasteiger partial charge in [-0.2, -0.15) is 0 Å². The Morgan fingerprint density at radius 1 is 0.676 bits per heavy atom. The third kappa shape index (κ3) is 9.49. The monoisotopic (exact) mass is 1100 g/mol. The fraction of sp³-hybridized carbons (Fsp3) is 0.323. The summed E-state index contributed by atoms with van der Waals surface area (Å²) in [7, 11) is -1.34. The topological polar surface area (TPSA) is 43.9 Å². The van der Waals surface area contributed by atoms with Gasteiger partial charge >= 0.3 is 0 Å². The second-order valence-corrected chi connectivity index (χ2v) is 26.0. The van der Waals surface area contributed by atoms with Crippen molar-refractivity contribution in [3.8, 4) is 39.5 Å². The Morgan fingerprint density at radius 3 is 1.90 bits per heavy atom. The maximum Gasteiger partial charge on any atom is 0.120 e. The van der Waals surface area contributed by atoms with Gasteiger partial charge in [0.05, 0.1) is 30.5 Å². The molecule has 68 heavy (non-hydrogen) atoms. The molecule has 0 saturated heterocycles. The van der Waals surface area contributed by atoms with Crippen molar-refractivity contribution >= 4 is 46.2 Å². The van der Waals surface area contributed by atoms with Gasteiger partial charge in [0.2, 0.25) is 0 Å². The largest absolute Gasteiger partial charge is 0.501 e. The number of aryl methyl sites for hydroxylation is 1. The molecule has 0 unspecified atom stereocenters. The van der Waals surface area contributed by atoms with Crippen molar-refractivity contribution in [1.29, 1.82) is 0 Å². The normalized spacial score (nSPS) is 13.1. The molecule has 3 heterocycles. The molecule has 9 rings (SSSR count). The van der Waals surface area contributed by atoms with E-state index in [1.165, 1.54) is 44.8 Å². The summed E-state index contributed by atoms with van der Waals surface area (Å²) >= 11 is 0. The fourth-order valence-electron chi connectivity index (χ4n) is 10.8. The molecule has 0 aliphatic rings. The summed E-state index contributed by atoms with van der Waals surface area (Å²) in [5.74, 6) is 3.01. The molecule has 0 aliphatic carbocycles. The molecular formula is C62H69IrN3OSi-2. The van der Waals surface area contributed by atoms with Crippen molar-refractivity contribution < 1.29 is 28.6 Å². The van der Waals surface area contributed by atoms with Gasteiger partial charge in [0.1, 0.15) is 5.58 Å². The van der Waals surface area contributed by atoms with E-state index in [9.17, 15) is 0 Å². The van der Waals surface area contributed by atoms with Crippen LogP contribution in [0.1, 0.15) is 107 Å². The molecule has 6 aromatic carbocycles. The molecule has 0 N–H and O–H groups in total. The predicted molar refractivity (Wildman–Crippen MR) is 289 cm³/mol. The first-order chi connectivity index (χ1) is 33.1. The van der Waals surface area contributed by atoms with Crippen LogP contribution < -0.4 is 5.19 Å². The molecule has 0 aliphatic heterocycles. The van der Waals surface area contributed by atoms with Crippen molar-refractivity contribution in [3.05, 3.63) is 168 Å². The average Bonchev–Trinajstić information content (AvgIpc) is 3.90. The number of furan rings is 1. The predicted octanol–water partition coefficient (Wildman–Crippen LogP) is 16.9. The van der Waals surface area contributed by atoms with Crippen LogP contribution >= 0.6 is 0 Å². The molecule has 0 amide bonds. The van der Waals surface area contributed by atoms with E-state index in [1.807, 2.05) is 30.5 Å².